The Bertz CT molecular complexity index is 560. The highest BCUT2D eigenvalue weighted by atomic mass is 35.5. The number of anilines is 1. The van der Waals surface area contributed by atoms with E-state index >= 15 is 0 Å². The number of carbonyl (C=O) groups excluding carboxylic acids is 1. The number of nitrogens with zero attached hydrogens (tertiary/aromatic N) is 2. The van der Waals surface area contributed by atoms with Gasteiger partial charge in [-0.1, -0.05) is 23.2 Å². The summed E-state index contributed by atoms with van der Waals surface area (Å²) in [5.41, 5.74) is 1.41. The summed E-state index contributed by atoms with van der Waals surface area (Å²) in [4.78, 5) is 11.7. The van der Waals surface area contributed by atoms with E-state index in [9.17, 15) is 4.79 Å². The van der Waals surface area contributed by atoms with Crippen molar-refractivity contribution in [1.82, 2.24) is 15.1 Å². The van der Waals surface area contributed by atoms with Gasteiger partial charge in [0.15, 0.2) is 0 Å². The van der Waals surface area contributed by atoms with E-state index in [1.807, 2.05) is 0 Å². The smallest absolute Gasteiger partial charge is 0.319 e. The predicted octanol–water partition coefficient (Wildman–Crippen LogP) is 3.05. The van der Waals surface area contributed by atoms with Crippen LogP contribution in [0.25, 0.3) is 0 Å². The van der Waals surface area contributed by atoms with Crippen molar-refractivity contribution in [3.63, 3.8) is 0 Å². The summed E-state index contributed by atoms with van der Waals surface area (Å²) in [5.74, 6) is 0. The Hall–Kier alpha value is -1.72. The van der Waals surface area contributed by atoms with E-state index in [2.05, 4.69) is 15.7 Å². The summed E-state index contributed by atoms with van der Waals surface area (Å²) in [5, 5.41) is 10.5. The minimum atomic E-state index is -0.320. The molecular formula is C12H12Cl2N4O. The number of amides is 2. The number of aryl methyl sites for hydroxylation is 1. The third-order valence-electron chi connectivity index (χ3n) is 2.53. The largest absolute Gasteiger partial charge is 0.332 e. The first kappa shape index (κ1) is 13.7. The highest BCUT2D eigenvalue weighted by Crippen LogP contribution is 2.14. The Kier molecular flexibility index (Phi) is 4.29. The van der Waals surface area contributed by atoms with Gasteiger partial charge < -0.3 is 10.6 Å². The first-order valence-electron chi connectivity index (χ1n) is 5.53. The number of hydrogen-bond acceptors (Lipinski definition) is 2. The van der Waals surface area contributed by atoms with E-state index in [1.54, 1.807) is 36.0 Å². The number of hydrogen-bond donors (Lipinski definition) is 2. The molecule has 2 rings (SSSR count). The number of rotatable bonds is 3. The van der Waals surface area contributed by atoms with Gasteiger partial charge in [0.1, 0.15) is 0 Å². The summed E-state index contributed by atoms with van der Waals surface area (Å²) in [6.45, 7) is 0.300. The van der Waals surface area contributed by atoms with E-state index in [1.165, 1.54) is 6.20 Å². The molecule has 2 aromatic rings. The standard InChI is InChI=1S/C12H12Cl2N4O/c1-18-11(10(14)6-16-18)7-15-12(19)17-9-4-2-8(13)3-5-9/h2-6H,7H2,1H3,(H2,15,17,19). The molecule has 0 atom stereocenters. The Morgan fingerprint density at radius 1 is 1.32 bits per heavy atom. The lowest BCUT2D eigenvalue weighted by Gasteiger charge is -2.08. The Morgan fingerprint density at radius 2 is 2.00 bits per heavy atom. The van der Waals surface area contributed by atoms with Gasteiger partial charge in [-0.15, -0.1) is 0 Å². The quantitative estimate of drug-likeness (QED) is 0.915. The van der Waals surface area contributed by atoms with E-state index in [0.29, 0.717) is 22.3 Å². The molecule has 7 heteroatoms. The second-order valence-corrected chi connectivity index (χ2v) is 4.72. The third kappa shape index (κ3) is 3.62. The zero-order valence-corrected chi connectivity index (χ0v) is 11.7. The zero-order valence-electron chi connectivity index (χ0n) is 10.2. The molecule has 0 bridgehead atoms. The maximum atomic E-state index is 11.7. The Morgan fingerprint density at radius 3 is 2.58 bits per heavy atom. The molecule has 0 radical (unpaired) electrons. The monoisotopic (exact) mass is 298 g/mol. The molecule has 2 amide bonds. The van der Waals surface area contributed by atoms with E-state index < -0.39 is 0 Å². The lowest BCUT2D eigenvalue weighted by Crippen LogP contribution is -2.29. The molecular weight excluding hydrogens is 287 g/mol. The van der Waals surface area contributed by atoms with Crippen LogP contribution in [-0.4, -0.2) is 15.8 Å². The van der Waals surface area contributed by atoms with Gasteiger partial charge in [0, 0.05) is 17.8 Å². The first-order chi connectivity index (χ1) is 9.06. The van der Waals surface area contributed by atoms with Crippen LogP contribution in [0.15, 0.2) is 30.5 Å². The lowest BCUT2D eigenvalue weighted by molar-refractivity contribution is 0.251. The van der Waals surface area contributed by atoms with Crippen LogP contribution in [0, 0.1) is 0 Å². The first-order valence-corrected chi connectivity index (χ1v) is 6.28. The van der Waals surface area contributed by atoms with Crippen molar-refractivity contribution >= 4 is 34.9 Å². The van der Waals surface area contributed by atoms with Gasteiger partial charge in [-0.05, 0) is 24.3 Å². The summed E-state index contributed by atoms with van der Waals surface area (Å²) in [7, 11) is 1.76. The molecule has 2 N–H and O–H groups in total. The fourth-order valence-electron chi connectivity index (χ4n) is 1.51. The molecule has 0 unspecified atom stereocenters. The van der Waals surface area contributed by atoms with Crippen molar-refractivity contribution in [2.24, 2.45) is 7.05 Å². The number of carbonyl (C=O) groups is 1. The molecule has 1 aromatic heterocycles. The molecule has 0 aliphatic carbocycles. The lowest BCUT2D eigenvalue weighted by atomic mass is 10.3. The van der Waals surface area contributed by atoms with Gasteiger partial charge in [-0.25, -0.2) is 4.79 Å². The van der Waals surface area contributed by atoms with Gasteiger partial charge in [-0.2, -0.15) is 5.10 Å². The van der Waals surface area contributed by atoms with Crippen LogP contribution in [0.5, 0.6) is 0 Å². The topological polar surface area (TPSA) is 59.0 Å². The summed E-state index contributed by atoms with van der Waals surface area (Å²) in [6, 6.07) is 6.53. The fraction of sp³-hybridized carbons (Fsp3) is 0.167. The molecule has 0 aliphatic heterocycles. The maximum Gasteiger partial charge on any atom is 0.319 e. The minimum absolute atomic E-state index is 0.300. The molecule has 5 nitrogen and oxygen atoms in total. The van der Waals surface area contributed by atoms with Crippen molar-refractivity contribution in [2.45, 2.75) is 6.54 Å². The molecule has 0 saturated heterocycles. The minimum Gasteiger partial charge on any atom is -0.332 e. The normalized spacial score (nSPS) is 10.3. The van der Waals surface area contributed by atoms with Crippen molar-refractivity contribution in [2.75, 3.05) is 5.32 Å². The predicted molar refractivity (Wildman–Crippen MR) is 75.5 cm³/mol. The van der Waals surface area contributed by atoms with Crippen molar-refractivity contribution in [1.29, 1.82) is 0 Å². The number of urea groups is 1. The molecule has 1 aromatic carbocycles. The van der Waals surface area contributed by atoms with Gasteiger partial charge in [0.05, 0.1) is 23.5 Å². The van der Waals surface area contributed by atoms with Crippen LogP contribution in [0.2, 0.25) is 10.0 Å². The van der Waals surface area contributed by atoms with E-state index in [4.69, 9.17) is 23.2 Å². The van der Waals surface area contributed by atoms with Crippen molar-refractivity contribution < 1.29 is 4.79 Å². The molecule has 1 heterocycles. The van der Waals surface area contributed by atoms with Crippen molar-refractivity contribution in [3.8, 4) is 0 Å². The average Bonchev–Trinajstić information content (AvgIpc) is 2.70. The average molecular weight is 299 g/mol. The second-order valence-electron chi connectivity index (χ2n) is 3.88. The molecule has 0 fully saturated rings. The summed E-state index contributed by atoms with van der Waals surface area (Å²) < 4.78 is 1.62. The third-order valence-corrected chi connectivity index (χ3v) is 3.10. The van der Waals surface area contributed by atoms with Gasteiger partial charge in [-0.3, -0.25) is 4.68 Å². The van der Waals surface area contributed by atoms with Crippen LogP contribution in [0.4, 0.5) is 10.5 Å². The van der Waals surface area contributed by atoms with Crippen LogP contribution in [-0.2, 0) is 13.6 Å². The maximum absolute atomic E-state index is 11.7. The Balaban J connectivity index is 1.90. The van der Waals surface area contributed by atoms with Crippen LogP contribution < -0.4 is 10.6 Å². The molecule has 100 valence electrons. The molecule has 0 aliphatic rings. The number of benzene rings is 1. The van der Waals surface area contributed by atoms with E-state index in [-0.39, 0.29) is 6.03 Å². The number of nitrogens with one attached hydrogen (secondary N) is 2. The van der Waals surface area contributed by atoms with E-state index in [0.717, 1.165) is 5.69 Å². The molecule has 0 spiro atoms. The van der Waals surface area contributed by atoms with Crippen LogP contribution in [0.1, 0.15) is 5.69 Å². The highest BCUT2D eigenvalue weighted by Gasteiger charge is 2.08. The number of aromatic nitrogens is 2. The van der Waals surface area contributed by atoms with Crippen LogP contribution in [0.3, 0.4) is 0 Å². The SMILES string of the molecule is Cn1ncc(Cl)c1CNC(=O)Nc1ccc(Cl)cc1. The molecule has 19 heavy (non-hydrogen) atoms. The fourth-order valence-corrected chi connectivity index (χ4v) is 1.87. The summed E-state index contributed by atoms with van der Waals surface area (Å²) >= 11 is 11.7. The summed E-state index contributed by atoms with van der Waals surface area (Å²) in [6.07, 6.45) is 1.54. The highest BCUT2D eigenvalue weighted by molar-refractivity contribution is 6.31. The second kappa shape index (κ2) is 5.95. The number of halogens is 2. The zero-order chi connectivity index (χ0) is 13.8. The molecule has 0 saturated carbocycles. The van der Waals surface area contributed by atoms with Gasteiger partial charge in [0.2, 0.25) is 0 Å². The Labute approximate surface area is 120 Å². The van der Waals surface area contributed by atoms with Crippen molar-refractivity contribution in [3.05, 3.63) is 46.2 Å². The van der Waals surface area contributed by atoms with Gasteiger partial charge in [0.25, 0.3) is 0 Å². The van der Waals surface area contributed by atoms with Crippen LogP contribution >= 0.6 is 23.2 Å². The van der Waals surface area contributed by atoms with Gasteiger partial charge >= 0.3 is 6.03 Å².